The molecule has 1 nitrogen and oxygen atoms in total. The molecule has 2 aromatic rings. The summed E-state index contributed by atoms with van der Waals surface area (Å²) in [7, 11) is 0. The highest BCUT2D eigenvalue weighted by Gasteiger charge is 2.09. The molecule has 0 saturated carbocycles. The second-order valence-corrected chi connectivity index (χ2v) is 6.05. The lowest BCUT2D eigenvalue weighted by atomic mass is 9.96. The number of hydrogen-bond donors (Lipinski definition) is 0. The molecule has 114 valence electrons. The Bertz CT molecular complexity index is 695. The van der Waals surface area contributed by atoms with E-state index in [1.165, 1.54) is 16.7 Å². The molecule has 0 saturated heterocycles. The van der Waals surface area contributed by atoms with Gasteiger partial charge in [-0.25, -0.2) is 0 Å². The van der Waals surface area contributed by atoms with Gasteiger partial charge < -0.3 is 0 Å². The van der Waals surface area contributed by atoms with Crippen molar-refractivity contribution in [2.24, 2.45) is 0 Å². The normalized spacial score (nSPS) is 10.5. The molecule has 0 atom stereocenters. The summed E-state index contributed by atoms with van der Waals surface area (Å²) in [6, 6.07) is 14.2. The predicted octanol–water partition coefficient (Wildman–Crippen LogP) is 5.10. The third-order valence-corrected chi connectivity index (χ3v) is 3.92. The van der Waals surface area contributed by atoms with E-state index in [2.05, 4.69) is 44.7 Å². The van der Waals surface area contributed by atoms with Gasteiger partial charge in [-0.05, 0) is 55.0 Å². The quantitative estimate of drug-likeness (QED) is 0.534. The zero-order chi connectivity index (χ0) is 16.1. The van der Waals surface area contributed by atoms with E-state index in [0.717, 1.165) is 29.5 Å². The molecule has 22 heavy (non-hydrogen) atoms. The van der Waals surface area contributed by atoms with Crippen LogP contribution in [0.5, 0.6) is 0 Å². The molecule has 0 unspecified atom stereocenters. The van der Waals surface area contributed by atoms with Crippen molar-refractivity contribution in [2.45, 2.75) is 40.0 Å². The van der Waals surface area contributed by atoms with Crippen molar-refractivity contribution >= 4 is 5.78 Å². The molecule has 0 aromatic heterocycles. The fourth-order valence-electron chi connectivity index (χ4n) is 2.64. The van der Waals surface area contributed by atoms with Gasteiger partial charge in [-0.1, -0.05) is 55.5 Å². The largest absolute Gasteiger partial charge is 0.294 e. The fraction of sp³-hybridized carbons (Fsp3) is 0.286. The maximum absolute atomic E-state index is 12.4. The van der Waals surface area contributed by atoms with Crippen molar-refractivity contribution in [3.05, 3.63) is 82.4 Å². The van der Waals surface area contributed by atoms with E-state index >= 15 is 0 Å². The molecule has 0 radical (unpaired) electrons. The van der Waals surface area contributed by atoms with Crippen LogP contribution in [-0.4, -0.2) is 5.78 Å². The first kappa shape index (κ1) is 16.2. The van der Waals surface area contributed by atoms with Gasteiger partial charge >= 0.3 is 0 Å². The highest BCUT2D eigenvalue weighted by molar-refractivity contribution is 5.97. The lowest BCUT2D eigenvalue weighted by Crippen LogP contribution is -2.05. The Labute approximate surface area is 133 Å². The van der Waals surface area contributed by atoms with Crippen LogP contribution in [0.2, 0.25) is 0 Å². The highest BCUT2D eigenvalue weighted by Crippen LogP contribution is 2.17. The molecule has 2 aromatic carbocycles. The topological polar surface area (TPSA) is 17.1 Å². The summed E-state index contributed by atoms with van der Waals surface area (Å²) in [5.41, 5.74) is 6.77. The minimum atomic E-state index is 0.183. The maximum atomic E-state index is 12.4. The SMILES string of the molecule is C=C(C)Cc1ccc(CC(=O)c2cccc(CC)c2)cc1C. The number of allylic oxidation sites excluding steroid dienone is 1. The molecule has 0 aliphatic carbocycles. The average Bonchev–Trinajstić information content (AvgIpc) is 2.49. The summed E-state index contributed by atoms with van der Waals surface area (Å²) >= 11 is 0. The maximum Gasteiger partial charge on any atom is 0.167 e. The highest BCUT2D eigenvalue weighted by atomic mass is 16.1. The van der Waals surface area contributed by atoms with E-state index in [1.54, 1.807) is 0 Å². The Morgan fingerprint density at radius 1 is 1.05 bits per heavy atom. The minimum absolute atomic E-state index is 0.183. The molecule has 0 N–H and O–H groups in total. The summed E-state index contributed by atoms with van der Waals surface area (Å²) in [4.78, 5) is 12.4. The average molecular weight is 292 g/mol. The number of rotatable bonds is 6. The zero-order valence-corrected chi connectivity index (χ0v) is 13.8. The number of ketones is 1. The number of benzene rings is 2. The first-order valence-corrected chi connectivity index (χ1v) is 7.84. The standard InChI is InChI=1S/C21H24O/c1-5-17-7-6-8-20(13-17)21(22)14-18-9-10-19(11-15(2)3)16(4)12-18/h6-10,12-13H,2,5,11,14H2,1,3-4H3. The third kappa shape index (κ3) is 4.17. The van der Waals surface area contributed by atoms with Crippen LogP contribution in [0.25, 0.3) is 0 Å². The Morgan fingerprint density at radius 2 is 1.82 bits per heavy atom. The number of hydrogen-bond acceptors (Lipinski definition) is 1. The zero-order valence-electron chi connectivity index (χ0n) is 13.8. The van der Waals surface area contributed by atoms with Crippen LogP contribution in [0.4, 0.5) is 0 Å². The Morgan fingerprint density at radius 3 is 2.45 bits per heavy atom. The summed E-state index contributed by atoms with van der Waals surface area (Å²) in [5.74, 6) is 0.183. The first-order valence-electron chi connectivity index (χ1n) is 7.84. The van der Waals surface area contributed by atoms with E-state index in [0.29, 0.717) is 6.42 Å². The molecule has 0 spiro atoms. The van der Waals surface area contributed by atoms with E-state index < -0.39 is 0 Å². The summed E-state index contributed by atoms with van der Waals surface area (Å²) in [5, 5.41) is 0. The van der Waals surface area contributed by atoms with Crippen molar-refractivity contribution in [3.63, 3.8) is 0 Å². The van der Waals surface area contributed by atoms with Gasteiger partial charge in [0.15, 0.2) is 5.78 Å². The van der Waals surface area contributed by atoms with Gasteiger partial charge in [-0.2, -0.15) is 0 Å². The van der Waals surface area contributed by atoms with Gasteiger partial charge in [0, 0.05) is 12.0 Å². The van der Waals surface area contributed by atoms with Gasteiger partial charge in [0.25, 0.3) is 0 Å². The third-order valence-electron chi connectivity index (χ3n) is 3.92. The Balaban J connectivity index is 2.14. The van der Waals surface area contributed by atoms with Gasteiger partial charge in [0.2, 0.25) is 0 Å². The number of aryl methyl sites for hydroxylation is 2. The second-order valence-electron chi connectivity index (χ2n) is 6.05. The van der Waals surface area contributed by atoms with Gasteiger partial charge in [0.1, 0.15) is 0 Å². The second kappa shape index (κ2) is 7.22. The fourth-order valence-corrected chi connectivity index (χ4v) is 2.64. The minimum Gasteiger partial charge on any atom is -0.294 e. The van der Waals surface area contributed by atoms with E-state index in [9.17, 15) is 4.79 Å². The van der Waals surface area contributed by atoms with E-state index in [-0.39, 0.29) is 5.78 Å². The number of carbonyl (C=O) groups is 1. The van der Waals surface area contributed by atoms with Crippen molar-refractivity contribution in [1.29, 1.82) is 0 Å². The van der Waals surface area contributed by atoms with E-state index in [4.69, 9.17) is 0 Å². The smallest absolute Gasteiger partial charge is 0.167 e. The number of carbonyl (C=O) groups excluding carboxylic acids is 1. The molecular weight excluding hydrogens is 268 g/mol. The summed E-state index contributed by atoms with van der Waals surface area (Å²) in [6.45, 7) is 10.2. The van der Waals surface area contributed by atoms with Gasteiger partial charge in [0.05, 0.1) is 0 Å². The van der Waals surface area contributed by atoms with Crippen molar-refractivity contribution in [3.8, 4) is 0 Å². The van der Waals surface area contributed by atoms with Crippen LogP contribution in [0.1, 0.15) is 46.5 Å². The summed E-state index contributed by atoms with van der Waals surface area (Å²) in [6.07, 6.45) is 2.32. The number of Topliss-reactive ketones (excluding diaryl/α,β-unsaturated/α-hetero) is 1. The summed E-state index contributed by atoms with van der Waals surface area (Å²) < 4.78 is 0. The Hall–Kier alpha value is -2.15. The molecule has 0 aliphatic rings. The molecular formula is C21H24O. The van der Waals surface area contributed by atoms with Gasteiger partial charge in [-0.3, -0.25) is 4.79 Å². The lowest BCUT2D eigenvalue weighted by Gasteiger charge is -2.09. The first-order chi connectivity index (χ1) is 10.5. The monoisotopic (exact) mass is 292 g/mol. The molecule has 0 amide bonds. The van der Waals surface area contributed by atoms with Crippen LogP contribution in [0, 0.1) is 6.92 Å². The molecule has 0 heterocycles. The van der Waals surface area contributed by atoms with Crippen LogP contribution in [-0.2, 0) is 19.3 Å². The van der Waals surface area contributed by atoms with Crippen LogP contribution < -0.4 is 0 Å². The molecule has 2 rings (SSSR count). The van der Waals surface area contributed by atoms with Gasteiger partial charge in [-0.15, -0.1) is 0 Å². The predicted molar refractivity (Wildman–Crippen MR) is 93.6 cm³/mol. The molecule has 0 aliphatic heterocycles. The van der Waals surface area contributed by atoms with Crippen molar-refractivity contribution in [1.82, 2.24) is 0 Å². The van der Waals surface area contributed by atoms with Crippen molar-refractivity contribution in [2.75, 3.05) is 0 Å². The molecule has 0 fully saturated rings. The van der Waals surface area contributed by atoms with Crippen LogP contribution in [0.15, 0.2) is 54.6 Å². The Kier molecular flexibility index (Phi) is 5.32. The van der Waals surface area contributed by atoms with Crippen LogP contribution in [0.3, 0.4) is 0 Å². The van der Waals surface area contributed by atoms with E-state index in [1.807, 2.05) is 25.1 Å². The van der Waals surface area contributed by atoms with Crippen molar-refractivity contribution < 1.29 is 4.79 Å². The molecule has 1 heteroatoms. The van der Waals surface area contributed by atoms with Crippen LogP contribution >= 0.6 is 0 Å². The lowest BCUT2D eigenvalue weighted by molar-refractivity contribution is 0.0993. The molecule has 0 bridgehead atoms.